The third kappa shape index (κ3) is 4.14. The monoisotopic (exact) mass is 418 g/mol. The van der Waals surface area contributed by atoms with Crippen LogP contribution in [0.15, 0.2) is 41.6 Å². The van der Waals surface area contributed by atoms with Crippen LogP contribution >= 0.6 is 11.8 Å². The first-order chi connectivity index (χ1) is 13.8. The summed E-state index contributed by atoms with van der Waals surface area (Å²) < 4.78 is 4.91. The summed E-state index contributed by atoms with van der Waals surface area (Å²) in [7, 11) is 0. The Hall–Kier alpha value is -2.81. The molecule has 9 heteroatoms. The van der Waals surface area contributed by atoms with E-state index < -0.39 is 29.3 Å². The molecule has 1 fully saturated rings. The fraction of sp³-hybridized carbons (Fsp3) is 0.400. The van der Waals surface area contributed by atoms with Crippen LogP contribution in [0.25, 0.3) is 0 Å². The second-order valence-electron chi connectivity index (χ2n) is 6.81. The van der Waals surface area contributed by atoms with Gasteiger partial charge in [0.2, 0.25) is 5.91 Å². The van der Waals surface area contributed by atoms with E-state index in [4.69, 9.17) is 4.74 Å². The number of ether oxygens (including phenoxy) is 1. The largest absolute Gasteiger partial charge is 0.477 e. The molecule has 0 bridgehead atoms. The number of thioether (sulfide) groups is 1. The van der Waals surface area contributed by atoms with Crippen molar-refractivity contribution in [1.82, 2.24) is 10.2 Å². The van der Waals surface area contributed by atoms with Crippen LogP contribution in [0.1, 0.15) is 31.7 Å². The molecule has 1 aromatic rings. The van der Waals surface area contributed by atoms with Crippen molar-refractivity contribution in [2.45, 2.75) is 37.6 Å². The number of amides is 2. The molecule has 3 rings (SSSR count). The number of carboxylic acids is 1. The third-order valence-electron chi connectivity index (χ3n) is 4.92. The molecule has 154 valence electrons. The molecule has 8 nitrogen and oxygen atoms in total. The highest BCUT2D eigenvalue weighted by molar-refractivity contribution is 8.00. The number of carbonyl (C=O) groups excluding carboxylic acids is 3. The van der Waals surface area contributed by atoms with Crippen molar-refractivity contribution in [1.29, 1.82) is 0 Å². The molecule has 1 saturated heterocycles. The van der Waals surface area contributed by atoms with Crippen molar-refractivity contribution in [2.24, 2.45) is 0 Å². The first-order valence-electron chi connectivity index (χ1n) is 9.23. The van der Waals surface area contributed by atoms with Gasteiger partial charge in [-0.15, -0.1) is 11.8 Å². The van der Waals surface area contributed by atoms with Crippen LogP contribution in [-0.4, -0.2) is 57.5 Å². The van der Waals surface area contributed by atoms with Crippen molar-refractivity contribution in [2.75, 3.05) is 12.4 Å². The Bertz CT molecular complexity index is 869. The minimum Gasteiger partial charge on any atom is -0.477 e. The van der Waals surface area contributed by atoms with Gasteiger partial charge in [-0.2, -0.15) is 0 Å². The van der Waals surface area contributed by atoms with Crippen molar-refractivity contribution in [3.8, 4) is 0 Å². The number of carboxylic acid groups (broad SMARTS) is 1. The highest BCUT2D eigenvalue weighted by Gasteiger charge is 2.54. The Labute approximate surface area is 172 Å². The first-order valence-corrected chi connectivity index (χ1v) is 10.3. The van der Waals surface area contributed by atoms with Gasteiger partial charge in [-0.05, 0) is 12.0 Å². The van der Waals surface area contributed by atoms with Crippen molar-refractivity contribution in [3.05, 3.63) is 47.2 Å². The second kappa shape index (κ2) is 8.69. The molecule has 0 spiro atoms. The van der Waals surface area contributed by atoms with E-state index in [1.165, 1.54) is 23.6 Å². The van der Waals surface area contributed by atoms with Crippen LogP contribution in [0, 0.1) is 0 Å². The smallest absolute Gasteiger partial charge is 0.352 e. The van der Waals surface area contributed by atoms with Crippen molar-refractivity contribution >= 4 is 35.5 Å². The molecular weight excluding hydrogens is 396 g/mol. The molecule has 2 aliphatic rings. The number of aliphatic carboxylic acids is 1. The lowest BCUT2D eigenvalue weighted by Gasteiger charge is -2.49. The Kier molecular flexibility index (Phi) is 6.26. The molecule has 2 N–H and O–H groups in total. The zero-order valence-electron chi connectivity index (χ0n) is 16.1. The SMILES string of the molecule is CCC(C(=O)N[C@@H]1C(=O)N2C(C(=O)O)=C(COC(C)=O)CS[C@H]12)c1ccccc1. The molecule has 2 heterocycles. The van der Waals surface area contributed by atoms with Crippen LogP contribution in [0.5, 0.6) is 0 Å². The lowest BCUT2D eigenvalue weighted by Crippen LogP contribution is -2.71. The van der Waals surface area contributed by atoms with Gasteiger partial charge >= 0.3 is 11.9 Å². The van der Waals surface area contributed by atoms with Crippen LogP contribution in [-0.2, 0) is 23.9 Å². The van der Waals surface area contributed by atoms with Crippen molar-refractivity contribution in [3.63, 3.8) is 0 Å². The first kappa shape index (κ1) is 20.9. The van der Waals surface area contributed by atoms with Gasteiger partial charge in [0.05, 0.1) is 5.92 Å². The summed E-state index contributed by atoms with van der Waals surface area (Å²) in [4.78, 5) is 49.4. The number of nitrogens with one attached hydrogen (secondary N) is 1. The van der Waals surface area contributed by atoms with Gasteiger partial charge in [0.15, 0.2) is 0 Å². The van der Waals surface area contributed by atoms with Gasteiger partial charge in [0.25, 0.3) is 5.91 Å². The highest BCUT2D eigenvalue weighted by Crippen LogP contribution is 2.40. The summed E-state index contributed by atoms with van der Waals surface area (Å²) in [6.07, 6.45) is 0.574. The quantitative estimate of drug-likeness (QED) is 0.509. The number of hydrogen-bond donors (Lipinski definition) is 2. The molecule has 0 aromatic heterocycles. The number of carbonyl (C=O) groups is 4. The van der Waals surface area contributed by atoms with Gasteiger partial charge in [-0.25, -0.2) is 4.79 Å². The van der Waals surface area contributed by atoms with E-state index in [1.54, 1.807) is 0 Å². The lowest BCUT2D eigenvalue weighted by molar-refractivity contribution is -0.151. The maximum atomic E-state index is 12.8. The summed E-state index contributed by atoms with van der Waals surface area (Å²) in [5.74, 6) is -2.61. The average molecular weight is 418 g/mol. The highest BCUT2D eigenvalue weighted by atomic mass is 32.2. The minimum absolute atomic E-state index is 0.166. The molecule has 2 aliphatic heterocycles. The molecular formula is C20H22N2O6S. The van der Waals surface area contributed by atoms with Gasteiger partial charge in [0, 0.05) is 18.2 Å². The van der Waals surface area contributed by atoms with E-state index in [9.17, 15) is 24.3 Å². The maximum Gasteiger partial charge on any atom is 0.352 e. The molecule has 0 aliphatic carbocycles. The van der Waals surface area contributed by atoms with Crippen LogP contribution < -0.4 is 5.32 Å². The third-order valence-corrected chi connectivity index (χ3v) is 6.26. The van der Waals surface area contributed by atoms with Crippen LogP contribution in [0.3, 0.4) is 0 Å². The van der Waals surface area contributed by atoms with E-state index in [0.29, 0.717) is 17.7 Å². The minimum atomic E-state index is -1.26. The Balaban J connectivity index is 1.74. The lowest BCUT2D eigenvalue weighted by atomic mass is 9.94. The summed E-state index contributed by atoms with van der Waals surface area (Å²) in [6, 6.07) is 8.53. The zero-order chi connectivity index (χ0) is 21.1. The Morgan fingerprint density at radius 1 is 1.31 bits per heavy atom. The fourth-order valence-corrected chi connectivity index (χ4v) is 4.82. The number of β-lactam (4-membered cyclic amide) rings is 1. The van der Waals surface area contributed by atoms with Gasteiger partial charge in [-0.1, -0.05) is 37.3 Å². The maximum absolute atomic E-state index is 12.8. The van der Waals surface area contributed by atoms with Gasteiger partial charge in [-0.3, -0.25) is 19.3 Å². The molecule has 3 atom stereocenters. The number of benzene rings is 1. The van der Waals surface area contributed by atoms with E-state index >= 15 is 0 Å². The predicted octanol–water partition coefficient (Wildman–Crippen LogP) is 1.48. The standard InChI is InChI=1S/C20H22N2O6S/c1-3-14(12-7-5-4-6-8-12)17(24)21-15-18(25)22-16(20(26)27)13(9-28-11(2)23)10-29-19(15)22/h4-8,14-15,19H,3,9-10H2,1-2H3,(H,21,24)(H,26,27)/t14?,15-,19-/m1/s1. The topological polar surface area (TPSA) is 113 Å². The number of esters is 1. The van der Waals surface area contributed by atoms with E-state index in [1.807, 2.05) is 37.3 Å². The number of fused-ring (bicyclic) bond motifs is 1. The molecule has 0 radical (unpaired) electrons. The number of hydrogen-bond acceptors (Lipinski definition) is 6. The molecule has 29 heavy (non-hydrogen) atoms. The number of rotatable bonds is 7. The normalized spacial score (nSPS) is 21.7. The second-order valence-corrected chi connectivity index (χ2v) is 7.91. The van der Waals surface area contributed by atoms with Crippen molar-refractivity contribution < 1.29 is 29.0 Å². The zero-order valence-corrected chi connectivity index (χ0v) is 16.9. The molecule has 1 unspecified atom stereocenters. The molecule has 2 amide bonds. The Morgan fingerprint density at radius 2 is 2.00 bits per heavy atom. The van der Waals surface area contributed by atoms with E-state index in [0.717, 1.165) is 5.56 Å². The number of nitrogens with zero attached hydrogens (tertiary/aromatic N) is 1. The summed E-state index contributed by atoms with van der Waals surface area (Å²) in [5.41, 5.74) is 1.06. The van der Waals surface area contributed by atoms with Crippen LogP contribution in [0.4, 0.5) is 0 Å². The summed E-state index contributed by atoms with van der Waals surface area (Å²) in [6.45, 7) is 2.95. The average Bonchev–Trinajstić information content (AvgIpc) is 2.70. The van der Waals surface area contributed by atoms with Gasteiger partial charge in [0.1, 0.15) is 23.7 Å². The molecule has 0 saturated carbocycles. The van der Waals surface area contributed by atoms with E-state index in [-0.39, 0.29) is 24.1 Å². The van der Waals surface area contributed by atoms with Crippen LogP contribution in [0.2, 0.25) is 0 Å². The van der Waals surface area contributed by atoms with E-state index in [2.05, 4.69) is 5.32 Å². The summed E-state index contributed by atoms with van der Waals surface area (Å²) in [5, 5.41) is 11.9. The predicted molar refractivity (Wildman–Crippen MR) is 106 cm³/mol. The Morgan fingerprint density at radius 3 is 2.59 bits per heavy atom. The summed E-state index contributed by atoms with van der Waals surface area (Å²) >= 11 is 1.34. The molecule has 1 aromatic carbocycles. The van der Waals surface area contributed by atoms with Gasteiger partial charge < -0.3 is 15.2 Å². The fourth-order valence-electron chi connectivity index (χ4n) is 3.49.